The summed E-state index contributed by atoms with van der Waals surface area (Å²) in [6, 6.07) is 6.86. The molecule has 0 aliphatic heterocycles. The molecule has 104 valence electrons. The van der Waals surface area contributed by atoms with Crippen molar-refractivity contribution in [3.05, 3.63) is 36.4 Å². The zero-order chi connectivity index (χ0) is 14.4. The molecule has 0 aliphatic rings. The van der Waals surface area contributed by atoms with Gasteiger partial charge in [0.05, 0.1) is 0 Å². The number of benzene rings is 1. The number of nitrogens with two attached hydrogens (primary N) is 1. The van der Waals surface area contributed by atoms with E-state index in [0.717, 1.165) is 0 Å². The average molecular weight is 265 g/mol. The van der Waals surface area contributed by atoms with Crippen molar-refractivity contribution < 1.29 is 19.0 Å². The second-order valence-electron chi connectivity index (χ2n) is 4.18. The first-order chi connectivity index (χ1) is 8.93. The number of ether oxygens (including phenoxy) is 3. The van der Waals surface area contributed by atoms with Crippen LogP contribution in [0.5, 0.6) is 5.75 Å². The number of hydrogen-bond donors (Lipinski definition) is 1. The molecule has 0 saturated carbocycles. The molecule has 5 nitrogen and oxygen atoms in total. The highest BCUT2D eigenvalue weighted by molar-refractivity contribution is 5.87. The van der Waals surface area contributed by atoms with Gasteiger partial charge in [0.1, 0.15) is 5.75 Å². The highest BCUT2D eigenvalue weighted by Crippen LogP contribution is 2.17. The SMILES string of the molecule is C=C(C)C(=O)OC(C)C(OC)Oc1ccc(N)cc1. The largest absolute Gasteiger partial charge is 0.461 e. The van der Waals surface area contributed by atoms with E-state index >= 15 is 0 Å². The molecule has 2 unspecified atom stereocenters. The summed E-state index contributed by atoms with van der Waals surface area (Å²) in [6.07, 6.45) is -1.27. The summed E-state index contributed by atoms with van der Waals surface area (Å²) in [4.78, 5) is 11.4. The van der Waals surface area contributed by atoms with Crippen LogP contribution in [0, 0.1) is 0 Å². The van der Waals surface area contributed by atoms with Gasteiger partial charge in [0, 0.05) is 18.4 Å². The Hall–Kier alpha value is -2.01. The van der Waals surface area contributed by atoms with Crippen LogP contribution < -0.4 is 10.5 Å². The number of esters is 1. The summed E-state index contributed by atoms with van der Waals surface area (Å²) < 4.78 is 15.9. The van der Waals surface area contributed by atoms with Gasteiger partial charge in [0.15, 0.2) is 6.10 Å². The van der Waals surface area contributed by atoms with Crippen LogP contribution in [0.4, 0.5) is 5.69 Å². The maximum atomic E-state index is 11.4. The maximum Gasteiger partial charge on any atom is 0.333 e. The first kappa shape index (κ1) is 15.0. The summed E-state index contributed by atoms with van der Waals surface area (Å²) in [5.74, 6) is 0.106. The zero-order valence-electron chi connectivity index (χ0n) is 11.4. The van der Waals surface area contributed by atoms with E-state index in [1.807, 2.05) is 0 Å². The summed E-state index contributed by atoms with van der Waals surface area (Å²) in [7, 11) is 1.48. The van der Waals surface area contributed by atoms with Gasteiger partial charge >= 0.3 is 5.97 Å². The Labute approximate surface area is 113 Å². The number of nitrogen functional groups attached to an aromatic ring is 1. The van der Waals surface area contributed by atoms with Crippen LogP contribution in [0.15, 0.2) is 36.4 Å². The minimum absolute atomic E-state index is 0.328. The Balaban J connectivity index is 2.64. The normalized spacial score (nSPS) is 13.4. The maximum absolute atomic E-state index is 11.4. The Morgan fingerprint density at radius 3 is 2.37 bits per heavy atom. The molecule has 0 saturated heterocycles. The predicted molar refractivity (Wildman–Crippen MR) is 72.6 cm³/mol. The summed E-state index contributed by atoms with van der Waals surface area (Å²) in [5, 5.41) is 0. The van der Waals surface area contributed by atoms with Gasteiger partial charge in [-0.1, -0.05) is 6.58 Å². The van der Waals surface area contributed by atoms with Crippen LogP contribution in [0.2, 0.25) is 0 Å². The van der Waals surface area contributed by atoms with Gasteiger partial charge in [-0.25, -0.2) is 4.79 Å². The first-order valence-electron chi connectivity index (χ1n) is 5.85. The lowest BCUT2D eigenvalue weighted by molar-refractivity contribution is -0.168. The minimum Gasteiger partial charge on any atom is -0.461 e. The van der Waals surface area contributed by atoms with E-state index in [-0.39, 0.29) is 0 Å². The topological polar surface area (TPSA) is 70.8 Å². The molecule has 19 heavy (non-hydrogen) atoms. The molecule has 0 fully saturated rings. The lowest BCUT2D eigenvalue weighted by Gasteiger charge is -2.23. The van der Waals surface area contributed by atoms with Crippen molar-refractivity contribution in [2.45, 2.75) is 26.2 Å². The van der Waals surface area contributed by atoms with Crippen LogP contribution >= 0.6 is 0 Å². The number of methoxy groups -OCH3 is 1. The highest BCUT2D eigenvalue weighted by Gasteiger charge is 2.22. The van der Waals surface area contributed by atoms with Crippen molar-refractivity contribution in [1.82, 2.24) is 0 Å². The Morgan fingerprint density at radius 1 is 1.32 bits per heavy atom. The molecule has 0 aliphatic carbocycles. The van der Waals surface area contributed by atoms with Crippen molar-refractivity contribution in [2.75, 3.05) is 12.8 Å². The Morgan fingerprint density at radius 2 is 1.89 bits per heavy atom. The molecule has 0 bridgehead atoms. The molecule has 1 aromatic rings. The lowest BCUT2D eigenvalue weighted by atomic mass is 10.3. The third-order valence-electron chi connectivity index (χ3n) is 2.39. The molecule has 2 atom stereocenters. The van der Waals surface area contributed by atoms with Crippen molar-refractivity contribution in [3.8, 4) is 5.75 Å². The molecule has 5 heteroatoms. The van der Waals surface area contributed by atoms with E-state index < -0.39 is 18.4 Å². The second-order valence-corrected chi connectivity index (χ2v) is 4.18. The number of anilines is 1. The van der Waals surface area contributed by atoms with E-state index in [1.54, 1.807) is 38.1 Å². The van der Waals surface area contributed by atoms with Gasteiger partial charge in [-0.2, -0.15) is 0 Å². The molecular weight excluding hydrogens is 246 g/mol. The average Bonchev–Trinajstić information content (AvgIpc) is 2.37. The molecule has 0 aromatic heterocycles. The standard InChI is InChI=1S/C14H19NO4/c1-9(2)13(16)18-10(3)14(17-4)19-12-7-5-11(15)6-8-12/h5-8,10,14H,1,15H2,2-4H3. The van der Waals surface area contributed by atoms with Crippen molar-refractivity contribution in [2.24, 2.45) is 0 Å². The quantitative estimate of drug-likeness (QED) is 0.369. The summed E-state index contributed by atoms with van der Waals surface area (Å²) >= 11 is 0. The van der Waals surface area contributed by atoms with Crippen molar-refractivity contribution in [1.29, 1.82) is 0 Å². The first-order valence-corrected chi connectivity index (χ1v) is 5.85. The number of carbonyl (C=O) groups excluding carboxylic acids is 1. The van der Waals surface area contributed by atoms with Gasteiger partial charge < -0.3 is 19.9 Å². The fourth-order valence-corrected chi connectivity index (χ4v) is 1.34. The van der Waals surface area contributed by atoms with Crippen molar-refractivity contribution in [3.63, 3.8) is 0 Å². The molecule has 2 N–H and O–H groups in total. The van der Waals surface area contributed by atoms with Gasteiger partial charge in [-0.15, -0.1) is 0 Å². The van der Waals surface area contributed by atoms with Crippen LogP contribution in [0.1, 0.15) is 13.8 Å². The fourth-order valence-electron chi connectivity index (χ4n) is 1.34. The molecule has 1 aromatic carbocycles. The van der Waals surface area contributed by atoms with E-state index in [9.17, 15) is 4.79 Å². The predicted octanol–water partition coefficient (Wildman–Crippen LogP) is 2.13. The number of rotatable bonds is 6. The second kappa shape index (κ2) is 6.80. The summed E-state index contributed by atoms with van der Waals surface area (Å²) in [6.45, 7) is 6.78. The van der Waals surface area contributed by atoms with E-state index in [4.69, 9.17) is 19.9 Å². The van der Waals surface area contributed by atoms with Gasteiger partial charge in [0.2, 0.25) is 6.29 Å². The van der Waals surface area contributed by atoms with Gasteiger partial charge in [0.25, 0.3) is 0 Å². The minimum atomic E-state index is -0.702. The van der Waals surface area contributed by atoms with E-state index in [0.29, 0.717) is 17.0 Å². The van der Waals surface area contributed by atoms with Crippen LogP contribution in [0.3, 0.4) is 0 Å². The zero-order valence-corrected chi connectivity index (χ0v) is 11.4. The Bertz CT molecular complexity index is 441. The smallest absolute Gasteiger partial charge is 0.333 e. The monoisotopic (exact) mass is 265 g/mol. The fraction of sp³-hybridized carbons (Fsp3) is 0.357. The van der Waals surface area contributed by atoms with E-state index in [2.05, 4.69) is 6.58 Å². The number of hydrogen-bond acceptors (Lipinski definition) is 5. The molecule has 0 heterocycles. The van der Waals surface area contributed by atoms with Crippen LogP contribution in [-0.2, 0) is 14.3 Å². The molecule has 1 rings (SSSR count). The third-order valence-corrected chi connectivity index (χ3v) is 2.39. The van der Waals surface area contributed by atoms with Crippen LogP contribution in [0.25, 0.3) is 0 Å². The summed E-state index contributed by atoms with van der Waals surface area (Å²) in [5.41, 5.74) is 6.55. The van der Waals surface area contributed by atoms with Crippen molar-refractivity contribution >= 4 is 11.7 Å². The highest BCUT2D eigenvalue weighted by atomic mass is 16.7. The molecular formula is C14H19NO4. The molecule has 0 amide bonds. The van der Waals surface area contributed by atoms with Gasteiger partial charge in [-0.05, 0) is 38.1 Å². The van der Waals surface area contributed by atoms with E-state index in [1.165, 1.54) is 7.11 Å². The van der Waals surface area contributed by atoms with Crippen LogP contribution in [-0.4, -0.2) is 25.5 Å². The number of carbonyl (C=O) groups is 1. The molecule has 0 spiro atoms. The third kappa shape index (κ3) is 4.63. The lowest BCUT2D eigenvalue weighted by Crippen LogP contribution is -2.35. The molecule has 0 radical (unpaired) electrons. The Kier molecular flexibility index (Phi) is 5.38. The van der Waals surface area contributed by atoms with Gasteiger partial charge in [-0.3, -0.25) is 0 Å².